The number of ether oxygens (including phenoxy) is 4. The summed E-state index contributed by atoms with van der Waals surface area (Å²) in [5.74, 6) is 1.04. The third-order valence-electron chi connectivity index (χ3n) is 4.58. The quantitative estimate of drug-likeness (QED) is 0.541. The van der Waals surface area contributed by atoms with Crippen LogP contribution in [0.15, 0.2) is 41.2 Å². The van der Waals surface area contributed by atoms with Gasteiger partial charge in [0.05, 0.1) is 45.5 Å². The molecule has 0 aliphatic heterocycles. The number of carbonyl (C=O) groups excluding carboxylic acids is 1. The summed E-state index contributed by atoms with van der Waals surface area (Å²) in [5, 5.41) is 0. The lowest BCUT2D eigenvalue weighted by Gasteiger charge is -2.14. The summed E-state index contributed by atoms with van der Waals surface area (Å²) in [5.41, 5.74) is 1.88. The molecule has 8 nitrogen and oxygen atoms in total. The summed E-state index contributed by atoms with van der Waals surface area (Å²) in [4.78, 5) is 25.1. The standard InChI is InChI=1S/C21H24N2O6/c1-5-29-19(24)13-23-16-9-7-6-8-15(16)22(21(23)25)12-14-10-17(26-2)20(28-4)18(11-14)27-3/h6-11H,5,12-13H2,1-4H3. The summed E-state index contributed by atoms with van der Waals surface area (Å²) >= 11 is 0. The van der Waals surface area contributed by atoms with Gasteiger partial charge in [0.1, 0.15) is 6.54 Å². The van der Waals surface area contributed by atoms with E-state index in [2.05, 4.69) is 0 Å². The van der Waals surface area contributed by atoms with E-state index >= 15 is 0 Å². The zero-order valence-corrected chi connectivity index (χ0v) is 16.9. The molecule has 0 saturated heterocycles. The molecule has 0 unspecified atom stereocenters. The number of benzene rings is 2. The zero-order chi connectivity index (χ0) is 21.0. The van der Waals surface area contributed by atoms with Crippen molar-refractivity contribution in [3.63, 3.8) is 0 Å². The van der Waals surface area contributed by atoms with E-state index in [4.69, 9.17) is 18.9 Å². The number of methoxy groups -OCH3 is 3. The van der Waals surface area contributed by atoms with Crippen molar-refractivity contribution in [2.75, 3.05) is 27.9 Å². The van der Waals surface area contributed by atoms with Crippen molar-refractivity contribution in [1.82, 2.24) is 9.13 Å². The van der Waals surface area contributed by atoms with Crippen LogP contribution < -0.4 is 19.9 Å². The van der Waals surface area contributed by atoms with Crippen LogP contribution in [0.5, 0.6) is 17.2 Å². The molecule has 0 fully saturated rings. The molecule has 29 heavy (non-hydrogen) atoms. The molecule has 1 heterocycles. The maximum atomic E-state index is 13.1. The molecule has 0 bridgehead atoms. The summed E-state index contributed by atoms with van der Waals surface area (Å²) in [6.07, 6.45) is 0. The minimum atomic E-state index is -0.453. The molecule has 0 aliphatic rings. The summed E-state index contributed by atoms with van der Waals surface area (Å²) < 4.78 is 24.2. The Hall–Kier alpha value is -3.42. The summed E-state index contributed by atoms with van der Waals surface area (Å²) in [6.45, 7) is 2.12. The highest BCUT2D eigenvalue weighted by molar-refractivity contribution is 5.79. The molecule has 8 heteroatoms. The van der Waals surface area contributed by atoms with Crippen LogP contribution in [0.25, 0.3) is 11.0 Å². The molecule has 0 N–H and O–H groups in total. The van der Waals surface area contributed by atoms with E-state index in [0.717, 1.165) is 11.1 Å². The van der Waals surface area contributed by atoms with E-state index in [1.807, 2.05) is 24.3 Å². The maximum absolute atomic E-state index is 13.1. The van der Waals surface area contributed by atoms with Gasteiger partial charge in [0, 0.05) is 0 Å². The lowest BCUT2D eigenvalue weighted by atomic mass is 10.1. The molecule has 0 spiro atoms. The van der Waals surface area contributed by atoms with E-state index < -0.39 is 5.97 Å². The Balaban J connectivity index is 2.09. The second-order valence-electron chi connectivity index (χ2n) is 6.28. The Morgan fingerprint density at radius 3 is 2.03 bits per heavy atom. The Bertz CT molecular complexity index is 1060. The Kier molecular flexibility index (Phi) is 6.11. The molecule has 0 radical (unpaired) electrons. The number of rotatable bonds is 8. The third kappa shape index (κ3) is 3.91. The number of hydrogen-bond acceptors (Lipinski definition) is 6. The largest absolute Gasteiger partial charge is 0.493 e. The molecule has 3 rings (SSSR count). The first kappa shape index (κ1) is 20.3. The van der Waals surface area contributed by atoms with Gasteiger partial charge in [-0.15, -0.1) is 0 Å². The average molecular weight is 400 g/mol. The van der Waals surface area contributed by atoms with Gasteiger partial charge in [0.2, 0.25) is 5.75 Å². The summed E-state index contributed by atoms with van der Waals surface area (Å²) in [6, 6.07) is 10.9. The predicted octanol–water partition coefficient (Wildman–Crippen LogP) is 2.44. The molecule has 154 valence electrons. The van der Waals surface area contributed by atoms with Crippen molar-refractivity contribution in [2.24, 2.45) is 0 Å². The zero-order valence-electron chi connectivity index (χ0n) is 16.9. The highest BCUT2D eigenvalue weighted by atomic mass is 16.5. The van der Waals surface area contributed by atoms with Crippen LogP contribution in [-0.4, -0.2) is 43.0 Å². The van der Waals surface area contributed by atoms with Gasteiger partial charge in [-0.3, -0.25) is 13.9 Å². The van der Waals surface area contributed by atoms with Gasteiger partial charge in [-0.1, -0.05) is 12.1 Å². The van der Waals surface area contributed by atoms with Crippen molar-refractivity contribution in [3.8, 4) is 17.2 Å². The van der Waals surface area contributed by atoms with Gasteiger partial charge in [0.15, 0.2) is 11.5 Å². The number of aromatic nitrogens is 2. The predicted molar refractivity (Wildman–Crippen MR) is 108 cm³/mol. The van der Waals surface area contributed by atoms with Crippen molar-refractivity contribution >= 4 is 17.0 Å². The first-order valence-electron chi connectivity index (χ1n) is 9.16. The van der Waals surface area contributed by atoms with E-state index in [0.29, 0.717) is 22.8 Å². The third-order valence-corrected chi connectivity index (χ3v) is 4.58. The fourth-order valence-corrected chi connectivity index (χ4v) is 3.32. The SMILES string of the molecule is CCOC(=O)Cn1c(=O)n(Cc2cc(OC)c(OC)c(OC)c2)c2ccccc21. The van der Waals surface area contributed by atoms with Crippen molar-refractivity contribution in [3.05, 3.63) is 52.4 Å². The minimum absolute atomic E-state index is 0.143. The smallest absolute Gasteiger partial charge is 0.329 e. The van der Waals surface area contributed by atoms with Crippen LogP contribution in [-0.2, 0) is 22.6 Å². The van der Waals surface area contributed by atoms with Crippen molar-refractivity contribution in [2.45, 2.75) is 20.0 Å². The van der Waals surface area contributed by atoms with Crippen LogP contribution >= 0.6 is 0 Å². The molecule has 3 aromatic rings. The molecule has 0 atom stereocenters. The van der Waals surface area contributed by atoms with Crippen LogP contribution in [0.1, 0.15) is 12.5 Å². The number of imidazole rings is 1. The number of para-hydroxylation sites is 2. The average Bonchev–Trinajstić information content (AvgIpc) is 2.99. The number of fused-ring (bicyclic) bond motifs is 1. The Morgan fingerprint density at radius 2 is 1.52 bits per heavy atom. The van der Waals surface area contributed by atoms with Crippen LogP contribution in [0.4, 0.5) is 0 Å². The number of hydrogen-bond donors (Lipinski definition) is 0. The number of nitrogens with zero attached hydrogens (tertiary/aromatic N) is 2. The molecule has 2 aromatic carbocycles. The molecule has 0 aliphatic carbocycles. The van der Waals surface area contributed by atoms with Crippen LogP contribution in [0, 0.1) is 0 Å². The fraction of sp³-hybridized carbons (Fsp3) is 0.333. The summed E-state index contributed by atoms with van der Waals surface area (Å²) in [7, 11) is 4.62. The topological polar surface area (TPSA) is 80.9 Å². The van der Waals surface area contributed by atoms with Gasteiger partial charge < -0.3 is 18.9 Å². The van der Waals surface area contributed by atoms with Gasteiger partial charge in [-0.25, -0.2) is 4.79 Å². The maximum Gasteiger partial charge on any atom is 0.329 e. The lowest BCUT2D eigenvalue weighted by molar-refractivity contribution is -0.143. The molecule has 0 saturated carbocycles. The van der Waals surface area contributed by atoms with Crippen molar-refractivity contribution in [1.29, 1.82) is 0 Å². The molecular formula is C21H24N2O6. The van der Waals surface area contributed by atoms with Crippen LogP contribution in [0.3, 0.4) is 0 Å². The van der Waals surface area contributed by atoms with Gasteiger partial charge >= 0.3 is 11.7 Å². The molecular weight excluding hydrogens is 376 g/mol. The second kappa shape index (κ2) is 8.72. The fourth-order valence-electron chi connectivity index (χ4n) is 3.32. The minimum Gasteiger partial charge on any atom is -0.493 e. The first-order chi connectivity index (χ1) is 14.0. The highest BCUT2D eigenvalue weighted by Crippen LogP contribution is 2.38. The highest BCUT2D eigenvalue weighted by Gasteiger charge is 2.18. The van der Waals surface area contributed by atoms with E-state index in [-0.39, 0.29) is 25.4 Å². The monoisotopic (exact) mass is 400 g/mol. The van der Waals surface area contributed by atoms with E-state index in [9.17, 15) is 9.59 Å². The normalized spacial score (nSPS) is 10.8. The second-order valence-corrected chi connectivity index (χ2v) is 6.28. The van der Waals surface area contributed by atoms with Crippen molar-refractivity contribution < 1.29 is 23.7 Å². The molecule has 1 aromatic heterocycles. The van der Waals surface area contributed by atoms with Gasteiger partial charge in [-0.05, 0) is 36.8 Å². The van der Waals surface area contributed by atoms with E-state index in [1.165, 1.54) is 11.7 Å². The Morgan fingerprint density at radius 1 is 0.931 bits per heavy atom. The van der Waals surface area contributed by atoms with Gasteiger partial charge in [-0.2, -0.15) is 0 Å². The van der Waals surface area contributed by atoms with Gasteiger partial charge in [0.25, 0.3) is 0 Å². The lowest BCUT2D eigenvalue weighted by Crippen LogP contribution is -2.28. The van der Waals surface area contributed by atoms with E-state index in [1.54, 1.807) is 37.8 Å². The van der Waals surface area contributed by atoms with Crippen LogP contribution in [0.2, 0.25) is 0 Å². The number of esters is 1. The first-order valence-corrected chi connectivity index (χ1v) is 9.16. The number of carbonyl (C=O) groups is 1. The molecule has 0 amide bonds. The Labute approximate surface area is 168 Å².